The molecule has 192 valence electrons. The van der Waals surface area contributed by atoms with E-state index in [2.05, 4.69) is 20.4 Å². The molecule has 1 fully saturated rings. The number of nitrogens with one attached hydrogen (secondary N) is 2. The van der Waals surface area contributed by atoms with Crippen LogP contribution in [0.25, 0.3) is 5.52 Å². The van der Waals surface area contributed by atoms with E-state index in [0.717, 1.165) is 22.5 Å². The van der Waals surface area contributed by atoms with Gasteiger partial charge in [-0.1, -0.05) is 11.2 Å². The molecule has 2 aliphatic rings. The van der Waals surface area contributed by atoms with E-state index in [1.54, 1.807) is 6.33 Å². The van der Waals surface area contributed by atoms with Crippen LogP contribution in [0.3, 0.4) is 0 Å². The third-order valence-corrected chi connectivity index (χ3v) is 7.82. The molecule has 0 saturated carbocycles. The number of H-pyrrole nitrogens is 1. The zero-order valence-electron chi connectivity index (χ0n) is 19.1. The number of rotatable bonds is 9. The standard InChI is InChI=1S/C22H20FN7O5S2/c23-4-6-35-28-15(13-9-37-22(24)26-13)18(31)27-16-19(32)30-17(21(33)34)11(8-36-20(16)30)7-12-14-3-1-2-5-29(14)10-25-12/h1-3,5,9-10,16,20H,4,6-8H2,(H4,24,26,27,31,33,34)/p+1/b28-15+/t16-,20-/m1/s1. The number of carboxylic acids is 1. The monoisotopic (exact) mass is 546 g/mol. The summed E-state index contributed by atoms with van der Waals surface area (Å²) in [4.78, 5) is 51.5. The normalized spacial score (nSPS) is 19.5. The fourth-order valence-corrected chi connectivity index (χ4v) is 6.07. The maximum Gasteiger partial charge on any atom is 0.352 e. The second-order valence-electron chi connectivity index (χ2n) is 8.07. The lowest BCUT2D eigenvalue weighted by Crippen LogP contribution is -2.71. The molecule has 0 unspecified atom stereocenters. The Hall–Kier alpha value is -3.98. The van der Waals surface area contributed by atoms with Crippen molar-refractivity contribution in [3.8, 4) is 0 Å². The Labute approximate surface area is 217 Å². The SMILES string of the molecule is Nc1nc(/C(=N\OCCF)C(=O)N[C@@H]2C(=O)N3C(C(=O)O)=C(Cc4[nH]c[n+]5ccccc45)CS[C@H]23)cs1. The minimum Gasteiger partial charge on any atom is -0.477 e. The summed E-state index contributed by atoms with van der Waals surface area (Å²) in [6.07, 6.45) is 3.97. The molecule has 5 rings (SSSR count). The van der Waals surface area contributed by atoms with E-state index in [9.17, 15) is 23.9 Å². The molecule has 0 radical (unpaired) electrons. The molecule has 37 heavy (non-hydrogen) atoms. The summed E-state index contributed by atoms with van der Waals surface area (Å²) in [7, 11) is 0. The van der Waals surface area contributed by atoms with E-state index >= 15 is 0 Å². The number of nitrogen functional groups attached to an aromatic ring is 1. The van der Waals surface area contributed by atoms with Crippen LogP contribution in [-0.4, -0.2) is 73.9 Å². The van der Waals surface area contributed by atoms with E-state index in [-0.39, 0.29) is 28.8 Å². The number of carbonyl (C=O) groups is 3. The summed E-state index contributed by atoms with van der Waals surface area (Å²) in [6.45, 7) is -1.18. The molecule has 0 aliphatic carbocycles. The van der Waals surface area contributed by atoms with E-state index < -0.39 is 35.9 Å². The molecule has 0 bridgehead atoms. The first-order valence-electron chi connectivity index (χ1n) is 11.0. The number of amides is 2. The number of carboxylic acid groups (broad SMARTS) is 1. The zero-order chi connectivity index (χ0) is 26.1. The van der Waals surface area contributed by atoms with Gasteiger partial charge in [-0.3, -0.25) is 14.5 Å². The molecule has 2 atom stereocenters. The smallest absolute Gasteiger partial charge is 0.352 e. The quantitative estimate of drug-likeness (QED) is 0.0988. The van der Waals surface area contributed by atoms with E-state index in [1.807, 2.05) is 28.8 Å². The number of hydrogen-bond acceptors (Lipinski definition) is 9. The summed E-state index contributed by atoms with van der Waals surface area (Å²) >= 11 is 2.42. The topological polar surface area (TPSA) is 167 Å². The first-order chi connectivity index (χ1) is 17.9. The van der Waals surface area contributed by atoms with Crippen LogP contribution in [0.5, 0.6) is 0 Å². The van der Waals surface area contributed by atoms with Crippen molar-refractivity contribution < 1.29 is 33.1 Å². The predicted octanol–water partition coefficient (Wildman–Crippen LogP) is 0.464. The van der Waals surface area contributed by atoms with Crippen LogP contribution in [0.2, 0.25) is 0 Å². The minimum atomic E-state index is -1.22. The highest BCUT2D eigenvalue weighted by molar-refractivity contribution is 8.00. The van der Waals surface area contributed by atoms with Crippen molar-refractivity contribution in [3.05, 3.63) is 58.8 Å². The first-order valence-corrected chi connectivity index (χ1v) is 13.0. The van der Waals surface area contributed by atoms with Gasteiger partial charge in [0, 0.05) is 17.6 Å². The zero-order valence-corrected chi connectivity index (χ0v) is 20.7. The number of β-lactam (4-membered cyclic amide) rings is 1. The van der Waals surface area contributed by atoms with E-state index in [4.69, 9.17) is 10.6 Å². The van der Waals surface area contributed by atoms with Crippen molar-refractivity contribution >= 4 is 57.2 Å². The van der Waals surface area contributed by atoms with Gasteiger partial charge in [0.15, 0.2) is 22.1 Å². The van der Waals surface area contributed by atoms with Gasteiger partial charge in [0.1, 0.15) is 36.1 Å². The highest BCUT2D eigenvalue weighted by Gasteiger charge is 2.54. The molecule has 2 amide bonds. The summed E-state index contributed by atoms with van der Waals surface area (Å²) in [5.74, 6) is -2.21. The third kappa shape index (κ3) is 4.62. The minimum absolute atomic E-state index is 0.0876. The van der Waals surface area contributed by atoms with Gasteiger partial charge in [0.25, 0.3) is 11.8 Å². The molecule has 15 heteroatoms. The van der Waals surface area contributed by atoms with Crippen LogP contribution in [-0.2, 0) is 25.6 Å². The van der Waals surface area contributed by atoms with Gasteiger partial charge in [-0.05, 0) is 17.7 Å². The average molecular weight is 547 g/mol. The largest absolute Gasteiger partial charge is 0.477 e. The number of thiazole rings is 1. The fourth-order valence-electron chi connectivity index (χ4n) is 4.18. The fraction of sp³-hybridized carbons (Fsp3) is 0.273. The maximum absolute atomic E-state index is 13.1. The van der Waals surface area contributed by atoms with Gasteiger partial charge in [-0.15, -0.1) is 23.1 Å². The molecule has 1 saturated heterocycles. The molecular weight excluding hydrogens is 525 g/mol. The van der Waals surface area contributed by atoms with Crippen molar-refractivity contribution in [1.29, 1.82) is 0 Å². The predicted molar refractivity (Wildman–Crippen MR) is 132 cm³/mol. The molecular formula is C22H21FN7O5S2+. The van der Waals surface area contributed by atoms with Gasteiger partial charge in [0.05, 0.1) is 6.20 Å². The lowest BCUT2D eigenvalue weighted by atomic mass is 10.00. The summed E-state index contributed by atoms with van der Waals surface area (Å²) in [6, 6.07) is 4.70. The van der Waals surface area contributed by atoms with Gasteiger partial charge >= 0.3 is 5.97 Å². The number of halogens is 1. The molecule has 5 N–H and O–H groups in total. The van der Waals surface area contributed by atoms with E-state index in [1.165, 1.54) is 22.0 Å². The number of aromatic nitrogens is 3. The highest BCUT2D eigenvalue weighted by atomic mass is 32.2. The van der Waals surface area contributed by atoms with E-state index in [0.29, 0.717) is 17.7 Å². The Morgan fingerprint density at radius 3 is 3.00 bits per heavy atom. The highest BCUT2D eigenvalue weighted by Crippen LogP contribution is 2.41. The number of oxime groups is 1. The van der Waals surface area contributed by atoms with Crippen molar-refractivity contribution in [2.24, 2.45) is 5.16 Å². The second-order valence-corrected chi connectivity index (χ2v) is 10.1. The van der Waals surface area contributed by atoms with Gasteiger partial charge < -0.3 is 21.0 Å². The number of pyridine rings is 1. The Bertz CT molecular complexity index is 1450. The van der Waals surface area contributed by atoms with Crippen LogP contribution in [0.4, 0.5) is 9.52 Å². The number of alkyl halides is 1. The van der Waals surface area contributed by atoms with Crippen LogP contribution in [0, 0.1) is 0 Å². The molecule has 2 aliphatic heterocycles. The van der Waals surface area contributed by atoms with Gasteiger partial charge in [0.2, 0.25) is 6.33 Å². The Morgan fingerprint density at radius 1 is 1.43 bits per heavy atom. The van der Waals surface area contributed by atoms with Gasteiger partial charge in [-0.2, -0.15) is 0 Å². The van der Waals surface area contributed by atoms with Crippen LogP contribution >= 0.6 is 23.1 Å². The number of hydrogen-bond donors (Lipinski definition) is 4. The van der Waals surface area contributed by atoms with Crippen molar-refractivity contribution in [1.82, 2.24) is 20.2 Å². The number of nitrogens with two attached hydrogens (primary N) is 1. The maximum atomic E-state index is 13.1. The lowest BCUT2D eigenvalue weighted by molar-refractivity contribution is -0.511. The average Bonchev–Trinajstić information content (AvgIpc) is 3.50. The van der Waals surface area contributed by atoms with Crippen LogP contribution in [0.15, 0.2) is 52.5 Å². The molecule has 12 nitrogen and oxygen atoms in total. The number of aliphatic carboxylic acids is 1. The number of thioether (sulfide) groups is 1. The molecule has 0 spiro atoms. The molecule has 0 aromatic carbocycles. The summed E-state index contributed by atoms with van der Waals surface area (Å²) in [5.41, 5.74) is 7.71. The number of carbonyl (C=O) groups excluding carboxylic acids is 2. The number of fused-ring (bicyclic) bond motifs is 2. The summed E-state index contributed by atoms with van der Waals surface area (Å²) in [5, 5.41) is 17.3. The lowest BCUT2D eigenvalue weighted by Gasteiger charge is -2.49. The second kappa shape index (κ2) is 10.2. The van der Waals surface area contributed by atoms with Crippen molar-refractivity contribution in [3.63, 3.8) is 0 Å². The Kier molecular flexibility index (Phi) is 6.80. The Balaban J connectivity index is 1.36. The molecule has 3 aromatic rings. The first kappa shape index (κ1) is 24.7. The van der Waals surface area contributed by atoms with Crippen LogP contribution in [0.1, 0.15) is 11.4 Å². The Morgan fingerprint density at radius 2 is 2.27 bits per heavy atom. The number of nitrogens with zero attached hydrogens (tertiary/aromatic N) is 4. The summed E-state index contributed by atoms with van der Waals surface area (Å²) < 4.78 is 14.3. The number of aromatic amines is 1. The molecule has 5 heterocycles. The number of imidazole rings is 1. The molecule has 3 aromatic heterocycles. The van der Waals surface area contributed by atoms with Crippen molar-refractivity contribution in [2.75, 3.05) is 24.8 Å². The third-order valence-electron chi connectivity index (χ3n) is 5.81. The van der Waals surface area contributed by atoms with Gasteiger partial charge in [-0.25, -0.2) is 23.6 Å². The van der Waals surface area contributed by atoms with Crippen LogP contribution < -0.4 is 15.5 Å². The number of anilines is 1. The van der Waals surface area contributed by atoms with Crippen molar-refractivity contribution in [2.45, 2.75) is 17.8 Å².